The Kier molecular flexibility index (Phi) is 2.63. The molecule has 0 spiro atoms. The number of pyridine rings is 1. The molecule has 1 N–H and O–H groups in total. The fraction of sp³-hybridized carbons (Fsp3) is 0.231. The van der Waals surface area contributed by atoms with E-state index in [2.05, 4.69) is 25.4 Å². The standard InChI is InChI=1S/C13H14N6/c1-8-9(7-17-19(8)3)10-6-11-12(13(14-2)18-10)16-5-4-15-11/h4-7H,1-3H3,(H,14,18). The average molecular weight is 254 g/mol. The number of fused-ring (bicyclic) bond motifs is 1. The highest BCUT2D eigenvalue weighted by Crippen LogP contribution is 2.26. The summed E-state index contributed by atoms with van der Waals surface area (Å²) >= 11 is 0. The number of aryl methyl sites for hydroxylation is 1. The Balaban J connectivity index is 2.28. The number of hydrogen-bond donors (Lipinski definition) is 1. The van der Waals surface area contributed by atoms with Crippen LogP contribution in [0.15, 0.2) is 24.7 Å². The minimum atomic E-state index is 0.726. The van der Waals surface area contributed by atoms with Gasteiger partial charge in [-0.3, -0.25) is 9.67 Å². The van der Waals surface area contributed by atoms with Gasteiger partial charge in [-0.15, -0.1) is 0 Å². The minimum absolute atomic E-state index is 0.726. The maximum Gasteiger partial charge on any atom is 0.154 e. The van der Waals surface area contributed by atoms with Crippen LogP contribution >= 0.6 is 0 Å². The first-order chi connectivity index (χ1) is 9.20. The highest BCUT2D eigenvalue weighted by Gasteiger charge is 2.12. The molecule has 0 atom stereocenters. The lowest BCUT2D eigenvalue weighted by Gasteiger charge is -2.07. The average Bonchev–Trinajstić information content (AvgIpc) is 2.78. The molecule has 6 nitrogen and oxygen atoms in total. The molecule has 3 aromatic rings. The van der Waals surface area contributed by atoms with Crippen molar-refractivity contribution in [3.05, 3.63) is 30.4 Å². The van der Waals surface area contributed by atoms with Gasteiger partial charge >= 0.3 is 0 Å². The SMILES string of the molecule is CNc1nc(-c2cnn(C)c2C)cc2nccnc12. The summed E-state index contributed by atoms with van der Waals surface area (Å²) in [5.41, 5.74) is 4.52. The quantitative estimate of drug-likeness (QED) is 0.755. The van der Waals surface area contributed by atoms with Gasteiger partial charge in [0.05, 0.1) is 17.4 Å². The van der Waals surface area contributed by atoms with Crippen LogP contribution in [0.25, 0.3) is 22.3 Å². The molecule has 3 rings (SSSR count). The van der Waals surface area contributed by atoms with E-state index >= 15 is 0 Å². The Bertz CT molecular complexity index is 746. The van der Waals surface area contributed by atoms with Crippen molar-refractivity contribution < 1.29 is 0 Å². The minimum Gasteiger partial charge on any atom is -0.371 e. The zero-order chi connectivity index (χ0) is 13.4. The highest BCUT2D eigenvalue weighted by atomic mass is 15.3. The van der Waals surface area contributed by atoms with Crippen LogP contribution in [0.5, 0.6) is 0 Å². The second-order valence-corrected chi connectivity index (χ2v) is 4.30. The summed E-state index contributed by atoms with van der Waals surface area (Å²) in [5, 5.41) is 7.31. The number of nitrogens with one attached hydrogen (secondary N) is 1. The molecule has 0 bridgehead atoms. The predicted molar refractivity (Wildman–Crippen MR) is 73.8 cm³/mol. The third-order valence-corrected chi connectivity index (χ3v) is 3.20. The number of nitrogens with zero attached hydrogens (tertiary/aromatic N) is 5. The van der Waals surface area contributed by atoms with Crippen LogP contribution in [-0.4, -0.2) is 31.8 Å². The topological polar surface area (TPSA) is 68.5 Å². The molecule has 0 aliphatic heterocycles. The number of hydrogen-bond acceptors (Lipinski definition) is 5. The molecule has 3 heterocycles. The van der Waals surface area contributed by atoms with Gasteiger partial charge < -0.3 is 5.32 Å². The van der Waals surface area contributed by atoms with Crippen LogP contribution in [0.3, 0.4) is 0 Å². The molecular weight excluding hydrogens is 240 g/mol. The van der Waals surface area contributed by atoms with Gasteiger partial charge in [-0.05, 0) is 13.0 Å². The summed E-state index contributed by atoms with van der Waals surface area (Å²) in [6, 6.07) is 1.94. The number of aromatic nitrogens is 5. The van der Waals surface area contributed by atoms with Crippen molar-refractivity contribution in [1.82, 2.24) is 24.7 Å². The lowest BCUT2D eigenvalue weighted by molar-refractivity contribution is 0.740. The number of rotatable bonds is 2. The van der Waals surface area contributed by atoms with Gasteiger partial charge in [0.25, 0.3) is 0 Å². The first-order valence-electron chi connectivity index (χ1n) is 5.99. The van der Waals surface area contributed by atoms with Crippen molar-refractivity contribution in [2.75, 3.05) is 12.4 Å². The largest absolute Gasteiger partial charge is 0.371 e. The summed E-state index contributed by atoms with van der Waals surface area (Å²) in [7, 11) is 3.75. The summed E-state index contributed by atoms with van der Waals surface area (Å²) in [6.07, 6.45) is 5.17. The van der Waals surface area contributed by atoms with E-state index in [0.717, 1.165) is 33.8 Å². The second-order valence-electron chi connectivity index (χ2n) is 4.30. The van der Waals surface area contributed by atoms with Crippen molar-refractivity contribution in [3.8, 4) is 11.3 Å². The molecule has 19 heavy (non-hydrogen) atoms. The first kappa shape index (κ1) is 11.6. The molecule has 0 radical (unpaired) electrons. The van der Waals surface area contributed by atoms with Gasteiger partial charge in [-0.1, -0.05) is 0 Å². The first-order valence-corrected chi connectivity index (χ1v) is 5.99. The fourth-order valence-electron chi connectivity index (χ4n) is 2.03. The Labute approximate surface area is 110 Å². The van der Waals surface area contributed by atoms with Crippen molar-refractivity contribution in [2.45, 2.75) is 6.92 Å². The molecule has 0 amide bonds. The normalized spacial score (nSPS) is 10.9. The fourth-order valence-corrected chi connectivity index (χ4v) is 2.03. The van der Waals surface area contributed by atoms with Crippen LogP contribution in [0.1, 0.15) is 5.69 Å². The molecule has 0 aliphatic carbocycles. The van der Waals surface area contributed by atoms with Crippen molar-refractivity contribution >= 4 is 16.9 Å². The van der Waals surface area contributed by atoms with Crippen molar-refractivity contribution in [3.63, 3.8) is 0 Å². The summed E-state index contributed by atoms with van der Waals surface area (Å²) in [4.78, 5) is 13.2. The summed E-state index contributed by atoms with van der Waals surface area (Å²) < 4.78 is 1.83. The summed E-state index contributed by atoms with van der Waals surface area (Å²) in [6.45, 7) is 2.02. The van der Waals surface area contributed by atoms with Gasteiger partial charge in [0.2, 0.25) is 0 Å². The number of anilines is 1. The molecule has 3 aromatic heterocycles. The van der Waals surface area contributed by atoms with Gasteiger partial charge in [-0.25, -0.2) is 9.97 Å². The maximum absolute atomic E-state index is 4.60. The van der Waals surface area contributed by atoms with E-state index in [4.69, 9.17) is 0 Å². The molecule has 0 unspecified atom stereocenters. The van der Waals surface area contributed by atoms with Crippen molar-refractivity contribution in [2.24, 2.45) is 7.05 Å². The molecule has 0 aliphatic rings. The van der Waals surface area contributed by atoms with E-state index < -0.39 is 0 Å². The van der Waals surface area contributed by atoms with Gasteiger partial charge in [0.15, 0.2) is 5.82 Å². The van der Waals surface area contributed by atoms with Gasteiger partial charge in [-0.2, -0.15) is 5.10 Å². The highest BCUT2D eigenvalue weighted by molar-refractivity contribution is 5.88. The maximum atomic E-state index is 4.60. The van der Waals surface area contributed by atoms with E-state index in [1.807, 2.05) is 38.0 Å². The lowest BCUT2D eigenvalue weighted by atomic mass is 10.1. The van der Waals surface area contributed by atoms with Crippen LogP contribution in [0, 0.1) is 6.92 Å². The Morgan fingerprint density at radius 3 is 2.68 bits per heavy atom. The van der Waals surface area contributed by atoms with E-state index in [0.29, 0.717) is 0 Å². The Morgan fingerprint density at radius 1 is 1.21 bits per heavy atom. The Hall–Kier alpha value is -2.50. The predicted octanol–water partition coefficient (Wildman–Crippen LogP) is 1.78. The Morgan fingerprint density at radius 2 is 2.00 bits per heavy atom. The van der Waals surface area contributed by atoms with Gasteiger partial charge in [0.1, 0.15) is 5.52 Å². The molecule has 96 valence electrons. The lowest BCUT2D eigenvalue weighted by Crippen LogP contribution is -1.99. The molecular formula is C13H14N6. The van der Waals surface area contributed by atoms with Crippen LogP contribution in [0.2, 0.25) is 0 Å². The van der Waals surface area contributed by atoms with Crippen LogP contribution in [-0.2, 0) is 7.05 Å². The van der Waals surface area contributed by atoms with Gasteiger partial charge in [0, 0.05) is 37.7 Å². The zero-order valence-corrected chi connectivity index (χ0v) is 11.0. The van der Waals surface area contributed by atoms with Crippen LogP contribution in [0.4, 0.5) is 5.82 Å². The van der Waals surface area contributed by atoms with E-state index in [9.17, 15) is 0 Å². The molecule has 0 saturated carbocycles. The third kappa shape index (κ3) is 1.81. The van der Waals surface area contributed by atoms with Crippen LogP contribution < -0.4 is 5.32 Å². The third-order valence-electron chi connectivity index (χ3n) is 3.20. The zero-order valence-electron chi connectivity index (χ0n) is 11.0. The molecule has 0 saturated heterocycles. The molecule has 0 aromatic carbocycles. The van der Waals surface area contributed by atoms with E-state index in [-0.39, 0.29) is 0 Å². The molecule has 0 fully saturated rings. The monoisotopic (exact) mass is 254 g/mol. The summed E-state index contributed by atoms with van der Waals surface area (Å²) in [5.74, 6) is 0.726. The molecule has 6 heteroatoms. The second kappa shape index (κ2) is 4.31. The smallest absolute Gasteiger partial charge is 0.154 e. The van der Waals surface area contributed by atoms with E-state index in [1.54, 1.807) is 12.4 Å². The van der Waals surface area contributed by atoms with Crippen molar-refractivity contribution in [1.29, 1.82) is 0 Å². The van der Waals surface area contributed by atoms with E-state index in [1.165, 1.54) is 0 Å².